The summed E-state index contributed by atoms with van der Waals surface area (Å²) in [6, 6.07) is 0. The van der Waals surface area contributed by atoms with Crippen LogP contribution in [0.2, 0.25) is 0 Å². The molecule has 3 N–H and O–H groups in total. The Hall–Kier alpha value is -1.23. The van der Waals surface area contributed by atoms with Crippen molar-refractivity contribution in [1.29, 1.82) is 0 Å². The highest BCUT2D eigenvalue weighted by molar-refractivity contribution is 5.64. The number of nitrogens with two attached hydrogens (primary N) is 1. The molecule has 0 spiro atoms. The lowest BCUT2D eigenvalue weighted by Gasteiger charge is -2.09. The number of aromatic nitrogens is 2. The average Bonchev–Trinajstić information content (AvgIpc) is 2.61. The molecule has 0 aliphatic carbocycles. The Kier molecular flexibility index (Phi) is 6.57. The first-order chi connectivity index (χ1) is 8.70. The molecule has 0 fully saturated rings. The van der Waals surface area contributed by atoms with Crippen LogP contribution in [0.15, 0.2) is 0 Å². The van der Waals surface area contributed by atoms with Crippen molar-refractivity contribution in [3.63, 3.8) is 0 Å². The molecule has 104 valence electrons. The minimum Gasteiger partial charge on any atom is -0.394 e. The van der Waals surface area contributed by atoms with Gasteiger partial charge in [0.05, 0.1) is 11.4 Å². The maximum absolute atomic E-state index is 6.03. The fraction of sp³-hybridized carbons (Fsp3) is 0.769. The largest absolute Gasteiger partial charge is 0.394 e. The number of rotatable bonds is 9. The number of ether oxygens (including phenoxy) is 1. The van der Waals surface area contributed by atoms with Crippen molar-refractivity contribution in [2.45, 2.75) is 46.1 Å². The van der Waals surface area contributed by atoms with E-state index < -0.39 is 0 Å². The van der Waals surface area contributed by atoms with Gasteiger partial charge in [-0.15, -0.1) is 0 Å². The van der Waals surface area contributed by atoms with Gasteiger partial charge in [-0.1, -0.05) is 6.92 Å². The standard InChI is InChI=1S/C13H26N4O/c1-4-9-17-13(12(14)11(2)16-17)15-8-6-5-7-10-18-3/h15H,4-10,14H2,1-3H3. The molecule has 1 heterocycles. The molecule has 0 radical (unpaired) electrons. The Labute approximate surface area is 110 Å². The van der Waals surface area contributed by atoms with Gasteiger partial charge in [0.15, 0.2) is 0 Å². The molecule has 0 aromatic carbocycles. The molecule has 0 unspecified atom stereocenters. The summed E-state index contributed by atoms with van der Waals surface area (Å²) in [5, 5.41) is 7.84. The van der Waals surface area contributed by atoms with Crippen LogP contribution >= 0.6 is 0 Å². The summed E-state index contributed by atoms with van der Waals surface area (Å²) in [6.45, 7) is 6.77. The Morgan fingerprint density at radius 1 is 1.33 bits per heavy atom. The number of aryl methyl sites for hydroxylation is 2. The fourth-order valence-electron chi connectivity index (χ4n) is 1.91. The Bertz CT molecular complexity index is 349. The second kappa shape index (κ2) is 7.97. The number of anilines is 2. The van der Waals surface area contributed by atoms with Crippen molar-refractivity contribution in [3.05, 3.63) is 5.69 Å². The highest BCUT2D eigenvalue weighted by Gasteiger charge is 2.10. The molecule has 1 rings (SSSR count). The van der Waals surface area contributed by atoms with Crippen molar-refractivity contribution in [2.75, 3.05) is 31.3 Å². The first-order valence-electron chi connectivity index (χ1n) is 6.76. The maximum Gasteiger partial charge on any atom is 0.148 e. The first kappa shape index (κ1) is 14.8. The van der Waals surface area contributed by atoms with Crippen LogP contribution in [0, 0.1) is 6.92 Å². The van der Waals surface area contributed by atoms with E-state index in [1.165, 1.54) is 6.42 Å². The van der Waals surface area contributed by atoms with Crippen LogP contribution in [0.25, 0.3) is 0 Å². The van der Waals surface area contributed by atoms with Crippen molar-refractivity contribution in [2.24, 2.45) is 0 Å². The smallest absolute Gasteiger partial charge is 0.148 e. The number of unbranched alkanes of at least 4 members (excludes halogenated alkanes) is 2. The number of hydrogen-bond donors (Lipinski definition) is 2. The molecule has 1 aromatic rings. The highest BCUT2D eigenvalue weighted by Crippen LogP contribution is 2.22. The molecule has 0 saturated heterocycles. The lowest BCUT2D eigenvalue weighted by Crippen LogP contribution is -2.10. The minimum atomic E-state index is 0.778. The van der Waals surface area contributed by atoms with Crippen LogP contribution in [-0.4, -0.2) is 30.0 Å². The van der Waals surface area contributed by atoms with Crippen LogP contribution in [-0.2, 0) is 11.3 Å². The van der Waals surface area contributed by atoms with Crippen LogP contribution in [0.3, 0.4) is 0 Å². The normalized spacial score (nSPS) is 10.8. The van der Waals surface area contributed by atoms with Gasteiger partial charge in [-0.3, -0.25) is 0 Å². The number of nitrogens with one attached hydrogen (secondary N) is 1. The summed E-state index contributed by atoms with van der Waals surface area (Å²) >= 11 is 0. The van der Waals surface area contributed by atoms with Crippen molar-refractivity contribution >= 4 is 11.5 Å². The van der Waals surface area contributed by atoms with E-state index in [-0.39, 0.29) is 0 Å². The predicted molar refractivity (Wildman–Crippen MR) is 75.9 cm³/mol. The Morgan fingerprint density at radius 3 is 2.78 bits per heavy atom. The molecule has 0 saturated carbocycles. The van der Waals surface area contributed by atoms with E-state index in [0.29, 0.717) is 0 Å². The summed E-state index contributed by atoms with van der Waals surface area (Å²) in [5.74, 6) is 0.973. The summed E-state index contributed by atoms with van der Waals surface area (Å²) in [6.07, 6.45) is 4.46. The monoisotopic (exact) mass is 254 g/mol. The van der Waals surface area contributed by atoms with Gasteiger partial charge in [-0.05, 0) is 32.6 Å². The van der Waals surface area contributed by atoms with E-state index in [0.717, 1.165) is 56.2 Å². The zero-order valence-electron chi connectivity index (χ0n) is 11.8. The predicted octanol–water partition coefficient (Wildman–Crippen LogP) is 2.41. The quantitative estimate of drug-likeness (QED) is 0.664. The summed E-state index contributed by atoms with van der Waals surface area (Å²) in [7, 11) is 1.74. The molecule has 5 nitrogen and oxygen atoms in total. The summed E-state index contributed by atoms with van der Waals surface area (Å²) in [5.41, 5.74) is 7.72. The maximum atomic E-state index is 6.03. The van der Waals surface area contributed by atoms with Crippen LogP contribution in [0.1, 0.15) is 38.3 Å². The van der Waals surface area contributed by atoms with Crippen molar-refractivity contribution in [3.8, 4) is 0 Å². The lowest BCUT2D eigenvalue weighted by molar-refractivity contribution is 0.192. The van der Waals surface area contributed by atoms with Crippen molar-refractivity contribution in [1.82, 2.24) is 9.78 Å². The second-order valence-electron chi connectivity index (χ2n) is 4.55. The van der Waals surface area contributed by atoms with Gasteiger partial charge in [0.1, 0.15) is 5.82 Å². The minimum absolute atomic E-state index is 0.778. The van der Waals surface area contributed by atoms with Gasteiger partial charge < -0.3 is 15.8 Å². The average molecular weight is 254 g/mol. The van der Waals surface area contributed by atoms with E-state index in [2.05, 4.69) is 17.3 Å². The zero-order chi connectivity index (χ0) is 13.4. The molecule has 0 bridgehead atoms. The Balaban J connectivity index is 2.40. The molecular weight excluding hydrogens is 228 g/mol. The van der Waals surface area contributed by atoms with Crippen LogP contribution < -0.4 is 11.1 Å². The third kappa shape index (κ3) is 4.22. The van der Waals surface area contributed by atoms with E-state index in [9.17, 15) is 0 Å². The van der Waals surface area contributed by atoms with Gasteiger partial charge in [-0.25, -0.2) is 4.68 Å². The molecule has 0 atom stereocenters. The van der Waals surface area contributed by atoms with Gasteiger partial charge in [0.2, 0.25) is 0 Å². The third-order valence-electron chi connectivity index (χ3n) is 2.93. The van der Waals surface area contributed by atoms with E-state index in [4.69, 9.17) is 10.5 Å². The molecular formula is C13H26N4O. The van der Waals surface area contributed by atoms with Gasteiger partial charge >= 0.3 is 0 Å². The second-order valence-corrected chi connectivity index (χ2v) is 4.55. The fourth-order valence-corrected chi connectivity index (χ4v) is 1.91. The first-order valence-corrected chi connectivity index (χ1v) is 6.76. The molecule has 0 aliphatic heterocycles. The SMILES string of the molecule is CCCn1nc(C)c(N)c1NCCCCCOC. The molecule has 5 heteroatoms. The number of methoxy groups -OCH3 is 1. The lowest BCUT2D eigenvalue weighted by atomic mass is 10.2. The van der Waals surface area contributed by atoms with Crippen molar-refractivity contribution < 1.29 is 4.74 Å². The van der Waals surface area contributed by atoms with E-state index in [1.807, 2.05) is 11.6 Å². The van der Waals surface area contributed by atoms with Crippen LogP contribution in [0.4, 0.5) is 11.5 Å². The number of hydrogen-bond acceptors (Lipinski definition) is 4. The summed E-state index contributed by atoms with van der Waals surface area (Å²) in [4.78, 5) is 0. The topological polar surface area (TPSA) is 65.1 Å². The molecule has 0 amide bonds. The number of nitrogens with zero attached hydrogens (tertiary/aromatic N) is 2. The molecule has 0 aliphatic rings. The van der Waals surface area contributed by atoms with Crippen LogP contribution in [0.5, 0.6) is 0 Å². The summed E-state index contributed by atoms with van der Waals surface area (Å²) < 4.78 is 7.00. The van der Waals surface area contributed by atoms with Gasteiger partial charge in [0.25, 0.3) is 0 Å². The Morgan fingerprint density at radius 2 is 2.11 bits per heavy atom. The van der Waals surface area contributed by atoms with E-state index in [1.54, 1.807) is 7.11 Å². The van der Waals surface area contributed by atoms with Gasteiger partial charge in [-0.2, -0.15) is 5.10 Å². The molecule has 1 aromatic heterocycles. The van der Waals surface area contributed by atoms with Gasteiger partial charge in [0, 0.05) is 26.8 Å². The zero-order valence-corrected chi connectivity index (χ0v) is 11.8. The molecule has 18 heavy (non-hydrogen) atoms. The number of nitrogen functional groups attached to an aromatic ring is 1. The highest BCUT2D eigenvalue weighted by atomic mass is 16.5. The third-order valence-corrected chi connectivity index (χ3v) is 2.93. The van der Waals surface area contributed by atoms with E-state index >= 15 is 0 Å².